The molecule has 2 N–H and O–H groups in total. The lowest BCUT2D eigenvalue weighted by molar-refractivity contribution is -0.137. The highest BCUT2D eigenvalue weighted by Crippen LogP contribution is 2.33. The monoisotopic (exact) mass is 259 g/mol. The van der Waals surface area contributed by atoms with Gasteiger partial charge >= 0.3 is 6.18 Å². The first-order chi connectivity index (χ1) is 8.39. The van der Waals surface area contributed by atoms with E-state index in [1.165, 1.54) is 6.07 Å². The molecule has 100 valence electrons. The Labute approximate surface area is 104 Å². The van der Waals surface area contributed by atoms with E-state index in [-0.39, 0.29) is 12.1 Å². The van der Waals surface area contributed by atoms with Crippen LogP contribution in [0.2, 0.25) is 0 Å². The molecule has 1 aromatic carbocycles. The fourth-order valence-electron chi connectivity index (χ4n) is 2.31. The molecule has 1 fully saturated rings. The van der Waals surface area contributed by atoms with Gasteiger partial charge in [-0.2, -0.15) is 13.2 Å². The minimum absolute atomic E-state index is 0.0829. The van der Waals surface area contributed by atoms with E-state index in [1.807, 2.05) is 0 Å². The van der Waals surface area contributed by atoms with Gasteiger partial charge in [-0.1, -0.05) is 6.07 Å². The fraction of sp³-hybridized carbons (Fsp3) is 0.538. The third kappa shape index (κ3) is 2.67. The minimum atomic E-state index is -4.31. The van der Waals surface area contributed by atoms with Crippen LogP contribution in [0.15, 0.2) is 18.2 Å². The zero-order chi connectivity index (χ0) is 13.3. The summed E-state index contributed by atoms with van der Waals surface area (Å²) in [5, 5.41) is 0. The van der Waals surface area contributed by atoms with Gasteiger partial charge in [0.25, 0.3) is 0 Å². The van der Waals surface area contributed by atoms with Crippen molar-refractivity contribution in [2.75, 3.05) is 6.61 Å². The van der Waals surface area contributed by atoms with Gasteiger partial charge in [0.2, 0.25) is 0 Å². The van der Waals surface area contributed by atoms with Crippen LogP contribution in [0.1, 0.15) is 35.6 Å². The summed E-state index contributed by atoms with van der Waals surface area (Å²) in [6, 6.07) is 3.33. The van der Waals surface area contributed by atoms with E-state index in [4.69, 9.17) is 10.5 Å². The van der Waals surface area contributed by atoms with Gasteiger partial charge in [-0.15, -0.1) is 0 Å². The molecule has 2 nitrogen and oxygen atoms in total. The van der Waals surface area contributed by atoms with E-state index < -0.39 is 11.7 Å². The molecule has 2 unspecified atom stereocenters. The number of aryl methyl sites for hydroxylation is 1. The Bertz CT molecular complexity index is 425. The van der Waals surface area contributed by atoms with Crippen molar-refractivity contribution in [3.05, 3.63) is 34.9 Å². The van der Waals surface area contributed by atoms with Crippen LogP contribution in [0.25, 0.3) is 0 Å². The summed E-state index contributed by atoms with van der Waals surface area (Å²) < 4.78 is 43.1. The predicted octanol–water partition coefficient (Wildman–Crippen LogP) is 3.19. The smallest absolute Gasteiger partial charge is 0.376 e. The highest BCUT2D eigenvalue weighted by atomic mass is 19.4. The third-order valence-electron chi connectivity index (χ3n) is 3.32. The van der Waals surface area contributed by atoms with Crippen molar-refractivity contribution in [3.8, 4) is 0 Å². The van der Waals surface area contributed by atoms with Crippen molar-refractivity contribution in [1.29, 1.82) is 0 Å². The summed E-state index contributed by atoms with van der Waals surface area (Å²) in [6.07, 6.45) is -2.57. The summed E-state index contributed by atoms with van der Waals surface area (Å²) >= 11 is 0. The quantitative estimate of drug-likeness (QED) is 0.885. The number of ether oxygens (including phenoxy) is 1. The topological polar surface area (TPSA) is 35.2 Å². The van der Waals surface area contributed by atoms with Gasteiger partial charge in [0.05, 0.1) is 17.7 Å². The Hall–Kier alpha value is -1.07. The summed E-state index contributed by atoms with van der Waals surface area (Å²) in [7, 11) is 0. The molecule has 18 heavy (non-hydrogen) atoms. The van der Waals surface area contributed by atoms with Crippen molar-refractivity contribution in [2.45, 2.75) is 38.1 Å². The number of alkyl halides is 3. The number of hydrogen-bond donors (Lipinski definition) is 1. The molecule has 0 aromatic heterocycles. The molecule has 0 saturated carbocycles. The fourth-order valence-corrected chi connectivity index (χ4v) is 2.31. The molecule has 0 bridgehead atoms. The average molecular weight is 259 g/mol. The molecule has 0 radical (unpaired) electrons. The van der Waals surface area contributed by atoms with Crippen LogP contribution in [0.5, 0.6) is 0 Å². The van der Waals surface area contributed by atoms with E-state index >= 15 is 0 Å². The van der Waals surface area contributed by atoms with E-state index in [9.17, 15) is 13.2 Å². The number of halogens is 3. The summed E-state index contributed by atoms with van der Waals surface area (Å²) in [6.45, 7) is 2.33. The first-order valence-corrected chi connectivity index (χ1v) is 5.94. The van der Waals surface area contributed by atoms with Crippen molar-refractivity contribution in [2.24, 2.45) is 5.73 Å². The highest BCUT2D eigenvalue weighted by Gasteiger charge is 2.32. The highest BCUT2D eigenvalue weighted by molar-refractivity contribution is 5.35. The van der Waals surface area contributed by atoms with Crippen LogP contribution in [0.4, 0.5) is 13.2 Å². The number of rotatable bonds is 2. The van der Waals surface area contributed by atoms with E-state index in [2.05, 4.69) is 0 Å². The van der Waals surface area contributed by atoms with Crippen LogP contribution in [-0.2, 0) is 10.9 Å². The van der Waals surface area contributed by atoms with Crippen LogP contribution in [0, 0.1) is 6.92 Å². The lowest BCUT2D eigenvalue weighted by Crippen LogP contribution is -2.26. The van der Waals surface area contributed by atoms with Crippen LogP contribution in [0.3, 0.4) is 0 Å². The normalized spacial score (nSPS) is 22.2. The molecule has 2 rings (SSSR count). The second-order valence-corrected chi connectivity index (χ2v) is 4.65. The van der Waals surface area contributed by atoms with Crippen LogP contribution >= 0.6 is 0 Å². The molecule has 1 saturated heterocycles. The molecule has 1 aliphatic rings. The molecule has 1 aromatic rings. The maximum atomic E-state index is 12.5. The second-order valence-electron chi connectivity index (χ2n) is 4.65. The van der Waals surface area contributed by atoms with Crippen LogP contribution in [-0.4, -0.2) is 12.7 Å². The van der Waals surface area contributed by atoms with Gasteiger partial charge in [-0.05, 0) is 43.0 Å². The van der Waals surface area contributed by atoms with Gasteiger partial charge in [-0.3, -0.25) is 0 Å². The van der Waals surface area contributed by atoms with Crippen molar-refractivity contribution in [3.63, 3.8) is 0 Å². The van der Waals surface area contributed by atoms with Gasteiger partial charge in [-0.25, -0.2) is 0 Å². The van der Waals surface area contributed by atoms with Crippen LogP contribution < -0.4 is 5.73 Å². The molecule has 1 heterocycles. The largest absolute Gasteiger partial charge is 0.416 e. The Morgan fingerprint density at radius 2 is 2.11 bits per heavy atom. The van der Waals surface area contributed by atoms with Crippen molar-refractivity contribution < 1.29 is 17.9 Å². The Morgan fingerprint density at radius 3 is 2.61 bits per heavy atom. The minimum Gasteiger partial charge on any atom is -0.376 e. The molecule has 5 heteroatoms. The lowest BCUT2D eigenvalue weighted by atomic mass is 9.94. The molecule has 0 spiro atoms. The molecule has 0 amide bonds. The maximum absolute atomic E-state index is 12.5. The zero-order valence-electron chi connectivity index (χ0n) is 10.1. The molecule has 1 aliphatic heterocycles. The van der Waals surface area contributed by atoms with Gasteiger partial charge < -0.3 is 10.5 Å². The van der Waals surface area contributed by atoms with Crippen molar-refractivity contribution in [1.82, 2.24) is 0 Å². The van der Waals surface area contributed by atoms with E-state index in [1.54, 1.807) is 6.92 Å². The summed E-state index contributed by atoms with van der Waals surface area (Å²) in [5.41, 5.74) is 6.71. The van der Waals surface area contributed by atoms with Gasteiger partial charge in [0, 0.05) is 6.61 Å². The first-order valence-electron chi connectivity index (χ1n) is 5.94. The number of benzene rings is 1. The van der Waals surface area contributed by atoms with Gasteiger partial charge in [0.1, 0.15) is 0 Å². The third-order valence-corrected chi connectivity index (χ3v) is 3.32. The maximum Gasteiger partial charge on any atom is 0.416 e. The Kier molecular flexibility index (Phi) is 3.64. The summed E-state index contributed by atoms with van der Waals surface area (Å²) in [5.74, 6) is 0. The Morgan fingerprint density at radius 1 is 1.39 bits per heavy atom. The standard InChI is InChI=1S/C13H16F3NO/c1-8-7-9(13(14,15)16)4-5-10(8)12(17)11-3-2-6-18-11/h4-5,7,11-12H,2-3,6,17H2,1H3. The number of hydrogen-bond acceptors (Lipinski definition) is 2. The second kappa shape index (κ2) is 4.90. The number of nitrogens with two attached hydrogens (primary N) is 1. The molecular formula is C13H16F3NO. The van der Waals surface area contributed by atoms with Crippen molar-refractivity contribution >= 4 is 0 Å². The SMILES string of the molecule is Cc1cc(C(F)(F)F)ccc1C(N)C1CCCO1. The molecule has 0 aliphatic carbocycles. The van der Waals surface area contributed by atoms with E-state index in [0.717, 1.165) is 30.5 Å². The average Bonchev–Trinajstić information content (AvgIpc) is 2.80. The Balaban J connectivity index is 2.24. The molecule has 2 atom stereocenters. The van der Waals surface area contributed by atoms with E-state index in [0.29, 0.717) is 12.2 Å². The lowest BCUT2D eigenvalue weighted by Gasteiger charge is -2.21. The predicted molar refractivity (Wildman–Crippen MR) is 62.1 cm³/mol. The molecular weight excluding hydrogens is 243 g/mol. The zero-order valence-corrected chi connectivity index (χ0v) is 10.1. The first kappa shape index (κ1) is 13.4. The van der Waals surface area contributed by atoms with Gasteiger partial charge in [0.15, 0.2) is 0 Å². The summed E-state index contributed by atoms with van der Waals surface area (Å²) in [4.78, 5) is 0.